The van der Waals surface area contributed by atoms with Gasteiger partial charge in [0.25, 0.3) is 0 Å². The second kappa shape index (κ2) is 4.17. The minimum absolute atomic E-state index is 1.20. The van der Waals surface area contributed by atoms with E-state index in [-0.39, 0.29) is 0 Å². The van der Waals surface area contributed by atoms with Gasteiger partial charge in [-0.05, 0) is 37.0 Å². The molecule has 0 nitrogen and oxygen atoms in total. The fourth-order valence-electron chi connectivity index (χ4n) is 1.07. The highest BCUT2D eigenvalue weighted by atomic mass is 14.0. The van der Waals surface area contributed by atoms with E-state index in [0.29, 0.717) is 0 Å². The van der Waals surface area contributed by atoms with E-state index >= 15 is 0 Å². The van der Waals surface area contributed by atoms with Crippen molar-refractivity contribution < 1.29 is 0 Å². The molecule has 0 bridgehead atoms. The lowest BCUT2D eigenvalue weighted by Crippen LogP contribution is -1.83. The molecule has 0 atom stereocenters. The first-order chi connectivity index (χ1) is 5.33. The van der Waals surface area contributed by atoms with E-state index in [4.69, 9.17) is 0 Å². The Morgan fingerprint density at radius 2 is 2.18 bits per heavy atom. The lowest BCUT2D eigenvalue weighted by molar-refractivity contribution is 0.795. The van der Waals surface area contributed by atoms with E-state index in [1.165, 1.54) is 30.4 Å². The van der Waals surface area contributed by atoms with Crippen molar-refractivity contribution >= 4 is 0 Å². The minimum atomic E-state index is 1.20. The van der Waals surface area contributed by atoms with Crippen molar-refractivity contribution in [2.45, 2.75) is 33.1 Å². The number of hydrogen-bond donors (Lipinski definition) is 0. The highest BCUT2D eigenvalue weighted by Crippen LogP contribution is 2.05. The lowest BCUT2D eigenvalue weighted by Gasteiger charge is -1.98. The monoisotopic (exact) mass is 147 g/mol. The first kappa shape index (κ1) is 8.32. The summed E-state index contributed by atoms with van der Waals surface area (Å²) in [7, 11) is 0. The van der Waals surface area contributed by atoms with Crippen LogP contribution in [0.3, 0.4) is 0 Å². The second-order valence-corrected chi connectivity index (χ2v) is 2.98. The molecule has 1 aromatic rings. The minimum Gasteiger partial charge on any atom is -0.0654 e. The molecule has 0 aliphatic heterocycles. The summed E-state index contributed by atoms with van der Waals surface area (Å²) in [6.45, 7) is 4.29. The van der Waals surface area contributed by atoms with Gasteiger partial charge in [0.15, 0.2) is 0 Å². The maximum absolute atomic E-state index is 3.21. The van der Waals surface area contributed by atoms with E-state index in [1.54, 1.807) is 0 Å². The molecule has 0 aromatic heterocycles. The zero-order chi connectivity index (χ0) is 8.10. The van der Waals surface area contributed by atoms with Crippen molar-refractivity contribution in [3.8, 4) is 0 Å². The normalized spacial score (nSPS) is 10.0. The Bertz CT molecular complexity index is 196. The Balaban J connectivity index is 2.52. The van der Waals surface area contributed by atoms with Gasteiger partial charge in [-0.1, -0.05) is 31.5 Å². The average Bonchev–Trinajstić information content (AvgIpc) is 2.04. The summed E-state index contributed by atoms with van der Waals surface area (Å²) in [5.74, 6) is 0. The van der Waals surface area contributed by atoms with Gasteiger partial charge in [-0.25, -0.2) is 0 Å². The Morgan fingerprint density at radius 3 is 2.73 bits per heavy atom. The number of rotatable bonds is 3. The van der Waals surface area contributed by atoms with Crippen LogP contribution in [0.15, 0.2) is 18.2 Å². The molecule has 0 saturated heterocycles. The van der Waals surface area contributed by atoms with Crippen LogP contribution < -0.4 is 0 Å². The summed E-state index contributed by atoms with van der Waals surface area (Å²) in [5, 5.41) is 0. The van der Waals surface area contributed by atoms with Crippen LogP contribution in [0.25, 0.3) is 0 Å². The third kappa shape index (κ3) is 2.75. The SMILES string of the molecule is CCCCc1c[c]c(C)cc1. The highest BCUT2D eigenvalue weighted by molar-refractivity contribution is 5.19. The molecule has 59 valence electrons. The predicted molar refractivity (Wildman–Crippen MR) is 48.6 cm³/mol. The summed E-state index contributed by atoms with van der Waals surface area (Å²) in [6, 6.07) is 9.64. The summed E-state index contributed by atoms with van der Waals surface area (Å²) < 4.78 is 0. The molecule has 0 amide bonds. The predicted octanol–water partition coefficient (Wildman–Crippen LogP) is 3.14. The summed E-state index contributed by atoms with van der Waals surface area (Å²) in [4.78, 5) is 0. The van der Waals surface area contributed by atoms with Gasteiger partial charge >= 0.3 is 0 Å². The Kier molecular flexibility index (Phi) is 3.15. The Hall–Kier alpha value is -0.780. The van der Waals surface area contributed by atoms with Gasteiger partial charge in [-0.15, -0.1) is 0 Å². The molecule has 0 aliphatic rings. The van der Waals surface area contributed by atoms with Crippen LogP contribution in [-0.2, 0) is 6.42 Å². The van der Waals surface area contributed by atoms with Crippen molar-refractivity contribution in [2.75, 3.05) is 0 Å². The summed E-state index contributed by atoms with van der Waals surface area (Å²) in [6.07, 6.45) is 3.76. The molecule has 11 heavy (non-hydrogen) atoms. The average molecular weight is 147 g/mol. The molecule has 1 aromatic carbocycles. The molecular weight excluding hydrogens is 132 g/mol. The van der Waals surface area contributed by atoms with Crippen LogP contribution in [0, 0.1) is 13.0 Å². The molecular formula is C11H15. The summed E-state index contributed by atoms with van der Waals surface area (Å²) >= 11 is 0. The van der Waals surface area contributed by atoms with Crippen molar-refractivity contribution in [2.24, 2.45) is 0 Å². The number of unbranched alkanes of at least 4 members (excludes halogenated alkanes) is 1. The van der Waals surface area contributed by atoms with E-state index in [9.17, 15) is 0 Å². The first-order valence-electron chi connectivity index (χ1n) is 4.30. The van der Waals surface area contributed by atoms with Gasteiger partial charge < -0.3 is 0 Å². The molecule has 0 aliphatic carbocycles. The second-order valence-electron chi connectivity index (χ2n) is 2.98. The molecule has 0 heterocycles. The van der Waals surface area contributed by atoms with Crippen molar-refractivity contribution in [1.82, 2.24) is 0 Å². The molecule has 0 fully saturated rings. The van der Waals surface area contributed by atoms with Crippen molar-refractivity contribution in [1.29, 1.82) is 0 Å². The van der Waals surface area contributed by atoms with E-state index in [1.807, 2.05) is 0 Å². The van der Waals surface area contributed by atoms with Crippen LogP contribution in [0.2, 0.25) is 0 Å². The molecule has 1 rings (SSSR count). The summed E-state index contributed by atoms with van der Waals surface area (Å²) in [5.41, 5.74) is 2.64. The van der Waals surface area contributed by atoms with Crippen molar-refractivity contribution in [3.05, 3.63) is 35.4 Å². The number of benzene rings is 1. The van der Waals surface area contributed by atoms with Gasteiger partial charge in [0.05, 0.1) is 0 Å². The van der Waals surface area contributed by atoms with Gasteiger partial charge in [0.1, 0.15) is 0 Å². The van der Waals surface area contributed by atoms with Gasteiger partial charge in [0, 0.05) is 0 Å². The van der Waals surface area contributed by atoms with Gasteiger partial charge in [-0.2, -0.15) is 0 Å². The van der Waals surface area contributed by atoms with Crippen LogP contribution in [0.4, 0.5) is 0 Å². The number of hydrogen-bond acceptors (Lipinski definition) is 0. The van der Waals surface area contributed by atoms with E-state index < -0.39 is 0 Å². The van der Waals surface area contributed by atoms with Crippen molar-refractivity contribution in [3.63, 3.8) is 0 Å². The smallest absolute Gasteiger partial charge is 0.0149 e. The van der Waals surface area contributed by atoms with Crippen LogP contribution in [0.1, 0.15) is 30.9 Å². The van der Waals surface area contributed by atoms with Crippen LogP contribution in [-0.4, -0.2) is 0 Å². The van der Waals surface area contributed by atoms with E-state index in [0.717, 1.165) is 0 Å². The highest BCUT2D eigenvalue weighted by Gasteiger charge is 1.90. The molecule has 0 unspecified atom stereocenters. The van der Waals surface area contributed by atoms with Crippen LogP contribution >= 0.6 is 0 Å². The van der Waals surface area contributed by atoms with Gasteiger partial charge in [-0.3, -0.25) is 0 Å². The quantitative estimate of drug-likeness (QED) is 0.616. The number of aryl methyl sites for hydroxylation is 2. The molecule has 0 spiro atoms. The molecule has 1 radical (unpaired) electrons. The molecule has 0 heteroatoms. The fourth-order valence-corrected chi connectivity index (χ4v) is 1.07. The molecule has 0 saturated carbocycles. The third-order valence-corrected chi connectivity index (χ3v) is 1.85. The molecule has 0 N–H and O–H groups in total. The lowest BCUT2D eigenvalue weighted by atomic mass is 10.1. The van der Waals surface area contributed by atoms with E-state index in [2.05, 4.69) is 38.1 Å². The van der Waals surface area contributed by atoms with Gasteiger partial charge in [0.2, 0.25) is 0 Å². The van der Waals surface area contributed by atoms with Crippen LogP contribution in [0.5, 0.6) is 0 Å². The zero-order valence-electron chi connectivity index (χ0n) is 7.35. The largest absolute Gasteiger partial charge is 0.0654 e. The maximum atomic E-state index is 3.21. The first-order valence-corrected chi connectivity index (χ1v) is 4.30. The zero-order valence-corrected chi connectivity index (χ0v) is 7.35. The standard InChI is InChI=1S/C11H15/c1-3-4-5-11-8-6-10(2)7-9-11/h6,8-9H,3-5H2,1-2H3. The topological polar surface area (TPSA) is 0 Å². The maximum Gasteiger partial charge on any atom is -0.0149 e. The fraction of sp³-hybridized carbons (Fsp3) is 0.455. The Labute approximate surface area is 69.3 Å². The Morgan fingerprint density at radius 1 is 1.36 bits per heavy atom. The third-order valence-electron chi connectivity index (χ3n) is 1.85.